The summed E-state index contributed by atoms with van der Waals surface area (Å²) in [4.78, 5) is 23.8. The maximum absolute atomic E-state index is 12.3. The number of ether oxygens (including phenoxy) is 1. The van der Waals surface area contributed by atoms with Gasteiger partial charge < -0.3 is 9.84 Å². The van der Waals surface area contributed by atoms with E-state index in [1.165, 1.54) is 0 Å². The lowest BCUT2D eigenvalue weighted by atomic mass is 9.62. The van der Waals surface area contributed by atoms with Crippen molar-refractivity contribution in [2.45, 2.75) is 20.3 Å². The molecule has 2 fully saturated rings. The highest BCUT2D eigenvalue weighted by atomic mass is 16.5. The Morgan fingerprint density at radius 1 is 1.21 bits per heavy atom. The predicted molar refractivity (Wildman–Crippen MR) is 68.1 cm³/mol. The number of allylic oxidation sites excluding steroid dienone is 2. The smallest absolute Gasteiger partial charge is 0.310 e. The molecule has 6 atom stereocenters. The molecule has 0 aromatic carbocycles. The molecule has 0 radical (unpaired) electrons. The van der Waals surface area contributed by atoms with Crippen LogP contribution in [0.2, 0.25) is 0 Å². The average molecular weight is 264 g/mol. The van der Waals surface area contributed by atoms with Gasteiger partial charge in [0.25, 0.3) is 0 Å². The summed E-state index contributed by atoms with van der Waals surface area (Å²) in [6.07, 6.45) is 5.14. The molecular weight excluding hydrogens is 244 g/mol. The molecule has 0 aromatic heterocycles. The van der Waals surface area contributed by atoms with E-state index in [1.807, 2.05) is 19.9 Å². The molecule has 0 amide bonds. The predicted octanol–water partition coefficient (Wildman–Crippen LogP) is 1.95. The van der Waals surface area contributed by atoms with E-state index in [4.69, 9.17) is 4.74 Å². The Bertz CT molecular complexity index is 439. The molecule has 2 bridgehead atoms. The van der Waals surface area contributed by atoms with E-state index in [0.717, 1.165) is 6.42 Å². The molecule has 0 unspecified atom stereocenters. The van der Waals surface area contributed by atoms with Gasteiger partial charge in [-0.25, -0.2) is 0 Å². The topological polar surface area (TPSA) is 63.6 Å². The second-order valence-electron chi connectivity index (χ2n) is 6.52. The van der Waals surface area contributed by atoms with Gasteiger partial charge in [-0.05, 0) is 36.0 Å². The van der Waals surface area contributed by atoms with Gasteiger partial charge in [0.15, 0.2) is 0 Å². The van der Waals surface area contributed by atoms with E-state index in [1.54, 1.807) is 0 Å². The third-order valence-electron chi connectivity index (χ3n) is 4.77. The van der Waals surface area contributed by atoms with Crippen molar-refractivity contribution in [2.75, 3.05) is 6.61 Å². The molecule has 4 nitrogen and oxygen atoms in total. The monoisotopic (exact) mass is 264 g/mol. The van der Waals surface area contributed by atoms with E-state index in [9.17, 15) is 14.7 Å². The fraction of sp³-hybridized carbons (Fsp3) is 0.733. The van der Waals surface area contributed by atoms with Crippen molar-refractivity contribution in [3.05, 3.63) is 12.2 Å². The summed E-state index contributed by atoms with van der Waals surface area (Å²) in [6, 6.07) is 0. The third kappa shape index (κ3) is 1.97. The molecule has 0 aromatic rings. The fourth-order valence-corrected chi connectivity index (χ4v) is 3.88. The summed E-state index contributed by atoms with van der Waals surface area (Å²) in [7, 11) is 0. The minimum atomic E-state index is -0.851. The molecule has 0 heterocycles. The number of carboxylic acids is 1. The van der Waals surface area contributed by atoms with Crippen LogP contribution in [0.15, 0.2) is 12.2 Å². The Morgan fingerprint density at radius 2 is 1.79 bits per heavy atom. The van der Waals surface area contributed by atoms with Crippen LogP contribution >= 0.6 is 0 Å². The van der Waals surface area contributed by atoms with Gasteiger partial charge in [0.05, 0.1) is 18.4 Å². The summed E-state index contributed by atoms with van der Waals surface area (Å²) >= 11 is 0. The van der Waals surface area contributed by atoms with Crippen LogP contribution < -0.4 is 0 Å². The zero-order valence-electron chi connectivity index (χ0n) is 11.3. The molecule has 0 spiro atoms. The molecular formula is C15H20O4. The summed E-state index contributed by atoms with van der Waals surface area (Å²) in [5, 5.41) is 9.45. The molecule has 0 aliphatic heterocycles. The summed E-state index contributed by atoms with van der Waals surface area (Å²) in [5.74, 6) is -0.833. The third-order valence-corrected chi connectivity index (χ3v) is 4.77. The van der Waals surface area contributed by atoms with Crippen LogP contribution in [0.25, 0.3) is 0 Å². The first-order valence-electron chi connectivity index (χ1n) is 7.08. The Kier molecular flexibility index (Phi) is 2.91. The largest absolute Gasteiger partial charge is 0.481 e. The highest BCUT2D eigenvalue weighted by Gasteiger charge is 2.63. The molecule has 19 heavy (non-hydrogen) atoms. The molecule has 1 N–H and O–H groups in total. The normalized spacial score (nSPS) is 42.1. The minimum Gasteiger partial charge on any atom is -0.481 e. The number of carbonyl (C=O) groups is 2. The second-order valence-corrected chi connectivity index (χ2v) is 6.52. The van der Waals surface area contributed by atoms with E-state index in [2.05, 4.69) is 6.08 Å². The lowest BCUT2D eigenvalue weighted by Crippen LogP contribution is -2.47. The lowest BCUT2D eigenvalue weighted by molar-refractivity contribution is -0.165. The van der Waals surface area contributed by atoms with Crippen molar-refractivity contribution in [2.24, 2.45) is 41.4 Å². The molecule has 4 aliphatic rings. The summed E-state index contributed by atoms with van der Waals surface area (Å²) in [6.45, 7) is 4.33. The van der Waals surface area contributed by atoms with Crippen LogP contribution in [0.1, 0.15) is 20.3 Å². The van der Waals surface area contributed by atoms with E-state index in [0.29, 0.717) is 18.4 Å². The minimum absolute atomic E-state index is 0.0316. The van der Waals surface area contributed by atoms with Crippen LogP contribution in [-0.2, 0) is 14.3 Å². The zero-order chi connectivity index (χ0) is 13.7. The SMILES string of the molecule is CC(C)COC(=O)[C@@H]1[C@H]2C=C[C@@H]([C@@H]3C[C@@H]23)[C@H]1C(=O)O. The van der Waals surface area contributed by atoms with Gasteiger partial charge in [-0.1, -0.05) is 26.0 Å². The van der Waals surface area contributed by atoms with Crippen LogP contribution in [0, 0.1) is 41.4 Å². The summed E-state index contributed by atoms with van der Waals surface area (Å²) < 4.78 is 5.31. The Labute approximate surface area is 112 Å². The van der Waals surface area contributed by atoms with Gasteiger partial charge in [-0.15, -0.1) is 0 Å². The molecule has 4 heteroatoms. The van der Waals surface area contributed by atoms with E-state index >= 15 is 0 Å². The Morgan fingerprint density at radius 3 is 2.32 bits per heavy atom. The van der Waals surface area contributed by atoms with Gasteiger partial charge in [0.2, 0.25) is 0 Å². The number of rotatable bonds is 4. The first-order valence-corrected chi connectivity index (χ1v) is 7.08. The number of carboxylic acid groups (broad SMARTS) is 1. The van der Waals surface area contributed by atoms with Gasteiger partial charge in [-0.3, -0.25) is 9.59 Å². The summed E-state index contributed by atoms with van der Waals surface area (Å²) in [5.41, 5.74) is 0. The van der Waals surface area contributed by atoms with Crippen molar-refractivity contribution in [1.29, 1.82) is 0 Å². The van der Waals surface area contributed by atoms with E-state index < -0.39 is 17.8 Å². The average Bonchev–Trinajstić information content (AvgIpc) is 3.16. The van der Waals surface area contributed by atoms with Gasteiger partial charge in [0, 0.05) is 0 Å². The first kappa shape index (κ1) is 12.7. The maximum atomic E-state index is 12.3. The standard InChI is InChI=1S/C15H20O4/c1-7(2)6-19-15(18)13-9-4-3-8(10-5-11(9)10)12(13)14(16)17/h3-4,7-13H,5-6H2,1-2H3,(H,16,17)/t8-,9-,10-,11-,12+,13+/m0/s1. The van der Waals surface area contributed by atoms with Crippen molar-refractivity contribution in [3.8, 4) is 0 Å². The second kappa shape index (κ2) is 4.36. The van der Waals surface area contributed by atoms with Crippen LogP contribution in [0.3, 0.4) is 0 Å². The first-order chi connectivity index (χ1) is 9.00. The number of fused-ring (bicyclic) bond motifs is 1. The number of hydrogen-bond acceptors (Lipinski definition) is 3. The van der Waals surface area contributed by atoms with Gasteiger partial charge >= 0.3 is 11.9 Å². The number of esters is 1. The van der Waals surface area contributed by atoms with Crippen molar-refractivity contribution >= 4 is 11.9 Å². The molecule has 0 saturated heterocycles. The highest BCUT2D eigenvalue weighted by molar-refractivity contribution is 5.83. The van der Waals surface area contributed by atoms with Crippen LogP contribution in [-0.4, -0.2) is 23.7 Å². The molecule has 2 saturated carbocycles. The van der Waals surface area contributed by atoms with Gasteiger partial charge in [-0.2, -0.15) is 0 Å². The highest BCUT2D eigenvalue weighted by Crippen LogP contribution is 2.63. The lowest BCUT2D eigenvalue weighted by Gasteiger charge is -2.41. The maximum Gasteiger partial charge on any atom is 0.310 e. The Balaban J connectivity index is 1.80. The fourth-order valence-electron chi connectivity index (χ4n) is 3.88. The van der Waals surface area contributed by atoms with Crippen molar-refractivity contribution in [3.63, 3.8) is 0 Å². The molecule has 4 aliphatic carbocycles. The quantitative estimate of drug-likeness (QED) is 0.622. The van der Waals surface area contributed by atoms with Crippen molar-refractivity contribution in [1.82, 2.24) is 0 Å². The number of aliphatic carboxylic acids is 1. The van der Waals surface area contributed by atoms with E-state index in [-0.39, 0.29) is 23.7 Å². The Hall–Kier alpha value is -1.32. The van der Waals surface area contributed by atoms with Crippen LogP contribution in [0.5, 0.6) is 0 Å². The van der Waals surface area contributed by atoms with Gasteiger partial charge in [0.1, 0.15) is 0 Å². The molecule has 4 rings (SSSR count). The number of hydrogen-bond donors (Lipinski definition) is 1. The number of carbonyl (C=O) groups excluding carboxylic acids is 1. The van der Waals surface area contributed by atoms with Crippen LogP contribution in [0.4, 0.5) is 0 Å². The molecule has 104 valence electrons. The zero-order valence-corrected chi connectivity index (χ0v) is 11.3. The van der Waals surface area contributed by atoms with Crippen molar-refractivity contribution < 1.29 is 19.4 Å².